The largest absolute Gasteiger partial charge is 0.368 e. The molecule has 0 fully saturated rings. The quantitative estimate of drug-likeness (QED) is 0.762. The van der Waals surface area contributed by atoms with E-state index in [9.17, 15) is 4.79 Å². The fourth-order valence-electron chi connectivity index (χ4n) is 1.17. The minimum absolute atomic E-state index is 0.107. The van der Waals surface area contributed by atoms with E-state index in [-0.39, 0.29) is 11.9 Å². The zero-order valence-electron chi connectivity index (χ0n) is 8.40. The minimum atomic E-state index is -0.107. The smallest absolute Gasteiger partial charge is 0.272 e. The van der Waals surface area contributed by atoms with Gasteiger partial charge in [-0.3, -0.25) is 4.79 Å². The van der Waals surface area contributed by atoms with Gasteiger partial charge >= 0.3 is 0 Å². The first-order chi connectivity index (χ1) is 6.69. The van der Waals surface area contributed by atoms with Crippen molar-refractivity contribution >= 4 is 11.9 Å². The maximum Gasteiger partial charge on any atom is 0.272 e. The molecule has 0 saturated heterocycles. The molecule has 0 atom stereocenters. The van der Waals surface area contributed by atoms with Crippen LogP contribution >= 0.6 is 0 Å². The van der Waals surface area contributed by atoms with Crippen molar-refractivity contribution in [2.24, 2.45) is 0 Å². The number of hydrogen-bond acceptors (Lipinski definition) is 4. The van der Waals surface area contributed by atoms with Crippen molar-refractivity contribution in [1.29, 1.82) is 0 Å². The fraction of sp³-hybridized carbons (Fsp3) is 0.444. The van der Waals surface area contributed by atoms with E-state index in [1.54, 1.807) is 11.0 Å². The Kier molecular flexibility index (Phi) is 3.39. The fourth-order valence-corrected chi connectivity index (χ4v) is 1.17. The van der Waals surface area contributed by atoms with E-state index < -0.39 is 0 Å². The molecule has 1 aromatic heterocycles. The summed E-state index contributed by atoms with van der Waals surface area (Å²) in [5, 5.41) is 0. The van der Waals surface area contributed by atoms with Gasteiger partial charge < -0.3 is 10.6 Å². The summed E-state index contributed by atoms with van der Waals surface area (Å²) in [4.78, 5) is 21.0. The van der Waals surface area contributed by atoms with Gasteiger partial charge in [-0.15, -0.1) is 0 Å². The highest BCUT2D eigenvalue weighted by Gasteiger charge is 2.13. The lowest BCUT2D eigenvalue weighted by Gasteiger charge is -2.17. The zero-order valence-corrected chi connectivity index (χ0v) is 8.40. The molecule has 14 heavy (non-hydrogen) atoms. The first-order valence-corrected chi connectivity index (χ1v) is 4.56. The minimum Gasteiger partial charge on any atom is -0.368 e. The second-order valence-electron chi connectivity index (χ2n) is 2.78. The Morgan fingerprint density at radius 1 is 1.50 bits per heavy atom. The van der Waals surface area contributed by atoms with E-state index in [1.165, 1.54) is 6.20 Å². The molecule has 0 spiro atoms. The van der Waals surface area contributed by atoms with Gasteiger partial charge in [0.15, 0.2) is 0 Å². The number of aromatic nitrogens is 2. The number of amides is 1. The number of rotatable bonds is 3. The molecule has 0 radical (unpaired) electrons. The summed E-state index contributed by atoms with van der Waals surface area (Å²) < 4.78 is 0. The predicted octanol–water partition coefficient (Wildman–Crippen LogP) is 0.541. The van der Waals surface area contributed by atoms with Crippen molar-refractivity contribution in [3.05, 3.63) is 18.0 Å². The maximum atomic E-state index is 11.7. The molecule has 0 unspecified atom stereocenters. The van der Waals surface area contributed by atoms with Gasteiger partial charge in [-0.25, -0.2) is 9.97 Å². The molecule has 1 rings (SSSR count). The summed E-state index contributed by atoms with van der Waals surface area (Å²) >= 11 is 0. The molecule has 5 heteroatoms. The number of carbonyl (C=O) groups is 1. The van der Waals surface area contributed by atoms with Crippen molar-refractivity contribution < 1.29 is 4.79 Å². The molecular weight excluding hydrogens is 180 g/mol. The van der Waals surface area contributed by atoms with Crippen molar-refractivity contribution in [2.75, 3.05) is 18.8 Å². The molecule has 1 heterocycles. The van der Waals surface area contributed by atoms with Gasteiger partial charge in [0.2, 0.25) is 5.95 Å². The van der Waals surface area contributed by atoms with Crippen LogP contribution < -0.4 is 5.73 Å². The lowest BCUT2D eigenvalue weighted by Crippen LogP contribution is -2.31. The summed E-state index contributed by atoms with van der Waals surface area (Å²) in [5.74, 6) is 0.0205. The number of anilines is 1. The highest BCUT2D eigenvalue weighted by atomic mass is 16.2. The van der Waals surface area contributed by atoms with Crippen molar-refractivity contribution in [3.63, 3.8) is 0 Å². The van der Waals surface area contributed by atoms with Crippen molar-refractivity contribution in [2.45, 2.75) is 13.8 Å². The van der Waals surface area contributed by atoms with Gasteiger partial charge in [-0.2, -0.15) is 0 Å². The highest BCUT2D eigenvalue weighted by Crippen LogP contribution is 2.02. The maximum absolute atomic E-state index is 11.7. The van der Waals surface area contributed by atoms with Gasteiger partial charge in [-0.1, -0.05) is 0 Å². The molecule has 0 aliphatic rings. The van der Waals surface area contributed by atoms with Crippen LogP contribution in [0.3, 0.4) is 0 Å². The Labute approximate surface area is 83.0 Å². The van der Waals surface area contributed by atoms with E-state index in [4.69, 9.17) is 5.73 Å². The van der Waals surface area contributed by atoms with Crippen LogP contribution in [-0.4, -0.2) is 33.9 Å². The van der Waals surface area contributed by atoms with E-state index in [0.29, 0.717) is 18.8 Å². The Morgan fingerprint density at radius 3 is 2.64 bits per heavy atom. The Bertz CT molecular complexity index is 322. The average molecular weight is 194 g/mol. The summed E-state index contributed by atoms with van der Waals surface area (Å²) in [6.07, 6.45) is 1.49. The highest BCUT2D eigenvalue weighted by molar-refractivity contribution is 5.92. The molecule has 5 nitrogen and oxygen atoms in total. The third-order valence-electron chi connectivity index (χ3n) is 1.94. The van der Waals surface area contributed by atoms with Gasteiger partial charge in [-0.05, 0) is 19.9 Å². The van der Waals surface area contributed by atoms with Crippen LogP contribution in [0.1, 0.15) is 24.3 Å². The summed E-state index contributed by atoms with van der Waals surface area (Å²) in [6.45, 7) is 5.18. The Hall–Kier alpha value is -1.65. The summed E-state index contributed by atoms with van der Waals surface area (Å²) in [6, 6.07) is 1.57. The number of nitrogen functional groups attached to an aromatic ring is 1. The van der Waals surface area contributed by atoms with Crippen molar-refractivity contribution in [1.82, 2.24) is 14.9 Å². The molecule has 2 N–H and O–H groups in total. The summed E-state index contributed by atoms with van der Waals surface area (Å²) in [7, 11) is 0. The van der Waals surface area contributed by atoms with Crippen LogP contribution in [-0.2, 0) is 0 Å². The van der Waals surface area contributed by atoms with Gasteiger partial charge in [0.1, 0.15) is 5.69 Å². The molecule has 1 aromatic rings. The Morgan fingerprint density at radius 2 is 2.14 bits per heavy atom. The third kappa shape index (κ3) is 2.18. The van der Waals surface area contributed by atoms with Crippen LogP contribution in [0.2, 0.25) is 0 Å². The molecule has 1 amide bonds. The summed E-state index contributed by atoms with van der Waals surface area (Å²) in [5.41, 5.74) is 5.73. The normalized spacial score (nSPS) is 9.86. The third-order valence-corrected chi connectivity index (χ3v) is 1.94. The number of nitrogens with two attached hydrogens (primary N) is 1. The van der Waals surface area contributed by atoms with Crippen LogP contribution in [0.15, 0.2) is 12.3 Å². The molecule has 0 aliphatic carbocycles. The van der Waals surface area contributed by atoms with E-state index in [1.807, 2.05) is 13.8 Å². The lowest BCUT2D eigenvalue weighted by atomic mass is 10.3. The predicted molar refractivity (Wildman–Crippen MR) is 53.7 cm³/mol. The van der Waals surface area contributed by atoms with E-state index >= 15 is 0 Å². The molecule has 76 valence electrons. The second kappa shape index (κ2) is 4.55. The zero-order chi connectivity index (χ0) is 10.6. The number of nitrogens with zero attached hydrogens (tertiary/aromatic N) is 3. The Balaban J connectivity index is 2.88. The van der Waals surface area contributed by atoms with Crippen molar-refractivity contribution in [3.8, 4) is 0 Å². The monoisotopic (exact) mass is 194 g/mol. The molecule has 0 aromatic carbocycles. The van der Waals surface area contributed by atoms with Crippen LogP contribution in [0.25, 0.3) is 0 Å². The molecule has 0 aliphatic heterocycles. The van der Waals surface area contributed by atoms with E-state index in [2.05, 4.69) is 9.97 Å². The van der Waals surface area contributed by atoms with Gasteiger partial charge in [0, 0.05) is 19.3 Å². The molecule has 0 saturated carbocycles. The first kappa shape index (κ1) is 10.4. The van der Waals surface area contributed by atoms with Gasteiger partial charge in [0.05, 0.1) is 0 Å². The molecular formula is C9H14N4O. The number of hydrogen-bond donors (Lipinski definition) is 1. The van der Waals surface area contributed by atoms with Crippen LogP contribution in [0.5, 0.6) is 0 Å². The molecule has 0 bridgehead atoms. The first-order valence-electron chi connectivity index (χ1n) is 4.56. The second-order valence-corrected chi connectivity index (χ2v) is 2.78. The lowest BCUT2D eigenvalue weighted by molar-refractivity contribution is 0.0767. The topological polar surface area (TPSA) is 72.1 Å². The van der Waals surface area contributed by atoms with Crippen LogP contribution in [0, 0.1) is 0 Å². The number of carbonyl (C=O) groups excluding carboxylic acids is 1. The van der Waals surface area contributed by atoms with Gasteiger partial charge in [0.25, 0.3) is 5.91 Å². The average Bonchev–Trinajstić information content (AvgIpc) is 2.19. The SMILES string of the molecule is CCN(CC)C(=O)c1ccnc(N)n1. The van der Waals surface area contributed by atoms with Crippen LogP contribution in [0.4, 0.5) is 5.95 Å². The standard InChI is InChI=1S/C9H14N4O/c1-3-13(4-2)8(14)7-5-6-11-9(10)12-7/h5-6H,3-4H2,1-2H3,(H2,10,11,12). The van der Waals surface area contributed by atoms with E-state index in [0.717, 1.165) is 0 Å².